The van der Waals surface area contributed by atoms with Gasteiger partial charge < -0.3 is 19.4 Å². The van der Waals surface area contributed by atoms with Crippen LogP contribution < -0.4 is 15.0 Å². The second-order valence-corrected chi connectivity index (χ2v) is 6.73. The predicted molar refractivity (Wildman–Crippen MR) is 106 cm³/mol. The van der Waals surface area contributed by atoms with Crippen molar-refractivity contribution in [2.24, 2.45) is 5.92 Å². The van der Waals surface area contributed by atoms with Gasteiger partial charge in [0.15, 0.2) is 11.6 Å². The number of ether oxygens (including phenoxy) is 1. The number of nitrogens with one attached hydrogen (secondary N) is 1. The summed E-state index contributed by atoms with van der Waals surface area (Å²) in [5.74, 6) is 2.35. The molecule has 0 radical (unpaired) electrons. The quantitative estimate of drug-likeness (QED) is 0.731. The van der Waals surface area contributed by atoms with Gasteiger partial charge in [-0.2, -0.15) is 0 Å². The first-order chi connectivity index (χ1) is 13.7. The van der Waals surface area contributed by atoms with Crippen LogP contribution in [0.1, 0.15) is 12.8 Å². The summed E-state index contributed by atoms with van der Waals surface area (Å²) in [5.41, 5.74) is 1.50. The van der Waals surface area contributed by atoms with Crippen LogP contribution in [0.15, 0.2) is 59.2 Å². The van der Waals surface area contributed by atoms with E-state index in [9.17, 15) is 4.79 Å². The van der Waals surface area contributed by atoms with Gasteiger partial charge in [-0.05, 0) is 61.4 Å². The number of nitrogens with zero attached hydrogens (tertiary/aromatic N) is 3. The van der Waals surface area contributed by atoms with Crippen molar-refractivity contribution >= 4 is 17.4 Å². The minimum absolute atomic E-state index is 0.00583. The van der Waals surface area contributed by atoms with Crippen molar-refractivity contribution in [2.45, 2.75) is 12.8 Å². The number of methoxy groups -OCH3 is 1. The van der Waals surface area contributed by atoms with Crippen LogP contribution in [0.3, 0.4) is 0 Å². The first-order valence-corrected chi connectivity index (χ1v) is 9.30. The largest absolute Gasteiger partial charge is 0.497 e. The van der Waals surface area contributed by atoms with Crippen LogP contribution >= 0.6 is 0 Å². The third-order valence-electron chi connectivity index (χ3n) is 4.97. The molecule has 144 valence electrons. The zero-order valence-corrected chi connectivity index (χ0v) is 15.7. The van der Waals surface area contributed by atoms with Gasteiger partial charge in [-0.3, -0.25) is 4.79 Å². The number of furan rings is 1. The Kier molecular flexibility index (Phi) is 5.23. The number of hydrogen-bond acceptors (Lipinski definition) is 6. The highest BCUT2D eigenvalue weighted by atomic mass is 16.5. The number of carbonyl (C=O) groups excluding carboxylic acids is 1. The highest BCUT2D eigenvalue weighted by Gasteiger charge is 2.26. The fourth-order valence-electron chi connectivity index (χ4n) is 3.34. The minimum Gasteiger partial charge on any atom is -0.497 e. The van der Waals surface area contributed by atoms with E-state index in [2.05, 4.69) is 20.4 Å². The number of anilines is 2. The lowest BCUT2D eigenvalue weighted by atomic mass is 9.96. The number of piperidine rings is 1. The molecule has 2 aromatic heterocycles. The number of carbonyl (C=O) groups is 1. The number of amides is 1. The van der Waals surface area contributed by atoms with Crippen molar-refractivity contribution in [3.05, 3.63) is 54.8 Å². The van der Waals surface area contributed by atoms with E-state index in [1.807, 2.05) is 48.5 Å². The normalized spacial score (nSPS) is 14.7. The highest BCUT2D eigenvalue weighted by Crippen LogP contribution is 2.25. The molecule has 3 aromatic rings. The monoisotopic (exact) mass is 378 g/mol. The SMILES string of the molecule is COc1ccc(NC(=O)C2CCN(c3ccc(-c4ccco4)nn3)CC2)cc1. The van der Waals surface area contributed by atoms with Gasteiger partial charge in [0.05, 0.1) is 13.4 Å². The Hall–Kier alpha value is -3.35. The molecule has 1 aromatic carbocycles. The van der Waals surface area contributed by atoms with E-state index in [4.69, 9.17) is 9.15 Å². The van der Waals surface area contributed by atoms with Gasteiger partial charge in [0, 0.05) is 24.7 Å². The lowest BCUT2D eigenvalue weighted by Gasteiger charge is -2.31. The van der Waals surface area contributed by atoms with Crippen LogP contribution in [0.2, 0.25) is 0 Å². The van der Waals surface area contributed by atoms with Crippen molar-refractivity contribution in [2.75, 3.05) is 30.4 Å². The molecular formula is C21H22N4O3. The predicted octanol–water partition coefficient (Wildman–Crippen LogP) is 3.60. The molecule has 1 aliphatic heterocycles. The average molecular weight is 378 g/mol. The van der Waals surface area contributed by atoms with E-state index < -0.39 is 0 Å². The zero-order valence-electron chi connectivity index (χ0n) is 15.7. The topological polar surface area (TPSA) is 80.5 Å². The van der Waals surface area contributed by atoms with E-state index in [1.54, 1.807) is 13.4 Å². The van der Waals surface area contributed by atoms with E-state index in [0.717, 1.165) is 43.2 Å². The highest BCUT2D eigenvalue weighted by molar-refractivity contribution is 5.92. The summed E-state index contributed by atoms with van der Waals surface area (Å²) in [4.78, 5) is 14.7. The lowest BCUT2D eigenvalue weighted by Crippen LogP contribution is -2.38. The molecule has 7 heteroatoms. The van der Waals surface area contributed by atoms with Gasteiger partial charge in [0.1, 0.15) is 11.4 Å². The summed E-state index contributed by atoms with van der Waals surface area (Å²) in [6, 6.07) is 14.9. The summed E-state index contributed by atoms with van der Waals surface area (Å²) < 4.78 is 10.5. The van der Waals surface area contributed by atoms with E-state index in [0.29, 0.717) is 11.5 Å². The first kappa shape index (κ1) is 18.0. The molecule has 1 N–H and O–H groups in total. The van der Waals surface area contributed by atoms with Crippen molar-refractivity contribution in [1.82, 2.24) is 10.2 Å². The minimum atomic E-state index is -0.00583. The fourth-order valence-corrected chi connectivity index (χ4v) is 3.34. The summed E-state index contributed by atoms with van der Waals surface area (Å²) in [7, 11) is 1.62. The van der Waals surface area contributed by atoms with Crippen LogP contribution in [0, 0.1) is 5.92 Å². The smallest absolute Gasteiger partial charge is 0.227 e. The zero-order chi connectivity index (χ0) is 19.3. The van der Waals surface area contributed by atoms with Crippen molar-refractivity contribution in [3.63, 3.8) is 0 Å². The van der Waals surface area contributed by atoms with Crippen molar-refractivity contribution in [1.29, 1.82) is 0 Å². The van der Waals surface area contributed by atoms with Gasteiger partial charge in [0.25, 0.3) is 0 Å². The Morgan fingerprint density at radius 1 is 1.11 bits per heavy atom. The first-order valence-electron chi connectivity index (χ1n) is 9.30. The van der Waals surface area contributed by atoms with Crippen LogP contribution in [0.4, 0.5) is 11.5 Å². The Morgan fingerprint density at radius 3 is 2.50 bits per heavy atom. The van der Waals surface area contributed by atoms with Gasteiger partial charge in [-0.1, -0.05) is 0 Å². The van der Waals surface area contributed by atoms with E-state index >= 15 is 0 Å². The Balaban J connectivity index is 1.31. The number of rotatable bonds is 5. The number of aromatic nitrogens is 2. The van der Waals surface area contributed by atoms with E-state index in [-0.39, 0.29) is 11.8 Å². The van der Waals surface area contributed by atoms with Gasteiger partial charge in [-0.15, -0.1) is 10.2 Å². The second kappa shape index (κ2) is 8.12. The standard InChI is InChI=1S/C21H22N4O3/c1-27-17-6-4-16(5-7-17)22-21(26)15-10-12-25(13-11-15)20-9-8-18(23-24-20)19-3-2-14-28-19/h2-9,14-15H,10-13H2,1H3,(H,22,26). The van der Waals surface area contributed by atoms with Crippen molar-refractivity contribution < 1.29 is 13.9 Å². The maximum atomic E-state index is 12.5. The van der Waals surface area contributed by atoms with Gasteiger partial charge in [-0.25, -0.2) is 0 Å². The maximum absolute atomic E-state index is 12.5. The van der Waals surface area contributed by atoms with Gasteiger partial charge >= 0.3 is 0 Å². The van der Waals surface area contributed by atoms with Crippen LogP contribution in [-0.2, 0) is 4.79 Å². The molecule has 0 saturated carbocycles. The van der Waals surface area contributed by atoms with Gasteiger partial charge in [0.2, 0.25) is 5.91 Å². The second-order valence-electron chi connectivity index (χ2n) is 6.73. The summed E-state index contributed by atoms with van der Waals surface area (Å²) >= 11 is 0. The fraction of sp³-hybridized carbons (Fsp3) is 0.286. The summed E-state index contributed by atoms with van der Waals surface area (Å²) in [6.45, 7) is 1.55. The maximum Gasteiger partial charge on any atom is 0.227 e. The molecule has 1 fully saturated rings. The number of benzene rings is 1. The Morgan fingerprint density at radius 2 is 1.89 bits per heavy atom. The van der Waals surface area contributed by atoms with Crippen LogP contribution in [0.5, 0.6) is 5.75 Å². The molecule has 4 rings (SSSR count). The number of hydrogen-bond donors (Lipinski definition) is 1. The van der Waals surface area contributed by atoms with E-state index in [1.165, 1.54) is 0 Å². The molecule has 0 spiro atoms. The third kappa shape index (κ3) is 3.98. The molecule has 1 aliphatic rings. The molecule has 1 saturated heterocycles. The summed E-state index contributed by atoms with van der Waals surface area (Å²) in [5, 5.41) is 11.6. The lowest BCUT2D eigenvalue weighted by molar-refractivity contribution is -0.120. The molecule has 0 unspecified atom stereocenters. The third-order valence-corrected chi connectivity index (χ3v) is 4.97. The molecule has 0 bridgehead atoms. The molecular weight excluding hydrogens is 356 g/mol. The Bertz CT molecular complexity index is 900. The van der Waals surface area contributed by atoms with Crippen molar-refractivity contribution in [3.8, 4) is 17.2 Å². The summed E-state index contributed by atoms with van der Waals surface area (Å²) in [6.07, 6.45) is 3.18. The van der Waals surface area contributed by atoms with Crippen LogP contribution in [-0.4, -0.2) is 36.3 Å². The van der Waals surface area contributed by atoms with Crippen LogP contribution in [0.25, 0.3) is 11.5 Å². The molecule has 7 nitrogen and oxygen atoms in total. The molecule has 28 heavy (non-hydrogen) atoms. The molecule has 1 amide bonds. The average Bonchev–Trinajstić information content (AvgIpc) is 3.29. The Labute approximate surface area is 163 Å². The molecule has 3 heterocycles. The molecule has 0 aliphatic carbocycles. The molecule has 0 atom stereocenters.